The van der Waals surface area contributed by atoms with E-state index in [0.29, 0.717) is 17.9 Å². The summed E-state index contributed by atoms with van der Waals surface area (Å²) in [6, 6.07) is 4.47. The van der Waals surface area contributed by atoms with Crippen molar-refractivity contribution in [3.05, 3.63) is 23.8 Å². The number of phenolic OH excluding ortho intramolecular Hbond substituents is 1. The summed E-state index contributed by atoms with van der Waals surface area (Å²) in [7, 11) is 1.31. The van der Waals surface area contributed by atoms with Crippen LogP contribution in [0.5, 0.6) is 11.5 Å². The maximum Gasteiger partial charge on any atom is 0.338 e. The third-order valence-corrected chi connectivity index (χ3v) is 3.58. The van der Waals surface area contributed by atoms with Gasteiger partial charge in [-0.2, -0.15) is 0 Å². The SMILES string of the molecule is CCCCCCCCCCOc1cc(O)cc(C(=O)OC)c1. The van der Waals surface area contributed by atoms with Crippen molar-refractivity contribution in [2.24, 2.45) is 0 Å². The Morgan fingerprint density at radius 3 is 2.27 bits per heavy atom. The molecular formula is C18H28O4. The van der Waals surface area contributed by atoms with Crippen molar-refractivity contribution in [1.29, 1.82) is 0 Å². The molecule has 0 saturated heterocycles. The molecule has 0 bridgehead atoms. The molecule has 1 rings (SSSR count). The van der Waals surface area contributed by atoms with Gasteiger partial charge in [0.15, 0.2) is 0 Å². The van der Waals surface area contributed by atoms with E-state index in [4.69, 9.17) is 4.74 Å². The van der Waals surface area contributed by atoms with Crippen molar-refractivity contribution in [3.63, 3.8) is 0 Å². The highest BCUT2D eigenvalue weighted by Gasteiger charge is 2.09. The van der Waals surface area contributed by atoms with Crippen LogP contribution in [0.15, 0.2) is 18.2 Å². The molecule has 1 aromatic carbocycles. The summed E-state index contributed by atoms with van der Waals surface area (Å²) < 4.78 is 10.2. The lowest BCUT2D eigenvalue weighted by atomic mass is 10.1. The number of hydrogen-bond donors (Lipinski definition) is 1. The number of phenols is 1. The fraction of sp³-hybridized carbons (Fsp3) is 0.611. The second-order valence-corrected chi connectivity index (χ2v) is 5.53. The Balaban J connectivity index is 2.22. The summed E-state index contributed by atoms with van der Waals surface area (Å²) in [5.74, 6) is 0.0324. The van der Waals surface area contributed by atoms with E-state index in [9.17, 15) is 9.90 Å². The van der Waals surface area contributed by atoms with E-state index in [-0.39, 0.29) is 5.75 Å². The molecule has 1 N–H and O–H groups in total. The fourth-order valence-corrected chi connectivity index (χ4v) is 2.33. The molecule has 4 heteroatoms. The Kier molecular flexibility index (Phi) is 9.12. The molecular weight excluding hydrogens is 280 g/mol. The van der Waals surface area contributed by atoms with Crippen LogP contribution < -0.4 is 4.74 Å². The van der Waals surface area contributed by atoms with Crippen LogP contribution in [-0.2, 0) is 4.74 Å². The highest BCUT2D eigenvalue weighted by molar-refractivity contribution is 5.90. The monoisotopic (exact) mass is 308 g/mol. The number of methoxy groups -OCH3 is 1. The van der Waals surface area contributed by atoms with Gasteiger partial charge in [-0.1, -0.05) is 51.9 Å². The molecule has 0 unspecified atom stereocenters. The molecule has 0 aliphatic rings. The van der Waals surface area contributed by atoms with E-state index in [0.717, 1.165) is 12.8 Å². The molecule has 0 aromatic heterocycles. The minimum absolute atomic E-state index is 0.00817. The largest absolute Gasteiger partial charge is 0.508 e. The number of carbonyl (C=O) groups is 1. The Bertz CT molecular complexity index is 443. The number of unbranched alkanes of at least 4 members (excludes halogenated alkanes) is 7. The topological polar surface area (TPSA) is 55.8 Å². The summed E-state index contributed by atoms with van der Waals surface area (Å²) in [5.41, 5.74) is 0.299. The highest BCUT2D eigenvalue weighted by atomic mass is 16.5. The molecule has 0 atom stereocenters. The van der Waals surface area contributed by atoms with Crippen molar-refractivity contribution < 1.29 is 19.4 Å². The fourth-order valence-electron chi connectivity index (χ4n) is 2.33. The predicted molar refractivity (Wildman–Crippen MR) is 87.6 cm³/mol. The van der Waals surface area contributed by atoms with Gasteiger partial charge in [0.2, 0.25) is 0 Å². The third kappa shape index (κ3) is 7.34. The number of aromatic hydroxyl groups is 1. The second kappa shape index (κ2) is 10.9. The van der Waals surface area contributed by atoms with Gasteiger partial charge in [-0.25, -0.2) is 4.79 Å². The predicted octanol–water partition coefficient (Wildman–Crippen LogP) is 4.70. The van der Waals surface area contributed by atoms with Crippen molar-refractivity contribution in [2.75, 3.05) is 13.7 Å². The number of carbonyl (C=O) groups excluding carboxylic acids is 1. The minimum atomic E-state index is -0.479. The molecule has 1 aromatic rings. The second-order valence-electron chi connectivity index (χ2n) is 5.53. The molecule has 0 amide bonds. The number of esters is 1. The maximum absolute atomic E-state index is 11.5. The number of benzene rings is 1. The maximum atomic E-state index is 11.5. The normalized spacial score (nSPS) is 10.5. The molecule has 124 valence electrons. The van der Waals surface area contributed by atoms with E-state index in [1.54, 1.807) is 6.07 Å². The molecule has 0 radical (unpaired) electrons. The zero-order chi connectivity index (χ0) is 16.2. The van der Waals surface area contributed by atoms with E-state index < -0.39 is 5.97 Å². The Labute approximate surface area is 133 Å². The van der Waals surface area contributed by atoms with Crippen LogP contribution in [-0.4, -0.2) is 24.8 Å². The molecule has 0 heterocycles. The minimum Gasteiger partial charge on any atom is -0.508 e. The molecule has 0 aliphatic heterocycles. The quantitative estimate of drug-likeness (QED) is 0.475. The van der Waals surface area contributed by atoms with Gasteiger partial charge in [-0.05, 0) is 18.6 Å². The molecule has 0 saturated carbocycles. The average Bonchev–Trinajstić information content (AvgIpc) is 2.52. The van der Waals surface area contributed by atoms with E-state index in [1.165, 1.54) is 57.8 Å². The van der Waals surface area contributed by atoms with Crippen LogP contribution in [0.2, 0.25) is 0 Å². The zero-order valence-corrected chi connectivity index (χ0v) is 13.8. The number of hydrogen-bond acceptors (Lipinski definition) is 4. The first-order valence-electron chi connectivity index (χ1n) is 8.22. The summed E-state index contributed by atoms with van der Waals surface area (Å²) in [4.78, 5) is 11.5. The van der Waals surface area contributed by atoms with Crippen LogP contribution in [0.1, 0.15) is 68.6 Å². The highest BCUT2D eigenvalue weighted by Crippen LogP contribution is 2.22. The Hall–Kier alpha value is -1.71. The van der Waals surface area contributed by atoms with E-state index >= 15 is 0 Å². The van der Waals surface area contributed by atoms with Gasteiger partial charge in [-0.15, -0.1) is 0 Å². The first-order chi connectivity index (χ1) is 10.7. The summed E-state index contributed by atoms with van der Waals surface area (Å²) >= 11 is 0. The summed E-state index contributed by atoms with van der Waals surface area (Å²) in [6.45, 7) is 2.82. The van der Waals surface area contributed by atoms with Crippen molar-refractivity contribution >= 4 is 5.97 Å². The van der Waals surface area contributed by atoms with Crippen LogP contribution >= 0.6 is 0 Å². The first kappa shape index (κ1) is 18.3. The van der Waals surface area contributed by atoms with Gasteiger partial charge in [0, 0.05) is 6.07 Å². The van der Waals surface area contributed by atoms with Gasteiger partial charge in [0.05, 0.1) is 19.3 Å². The molecule has 0 spiro atoms. The first-order valence-corrected chi connectivity index (χ1v) is 8.22. The van der Waals surface area contributed by atoms with Crippen molar-refractivity contribution in [1.82, 2.24) is 0 Å². The van der Waals surface area contributed by atoms with Gasteiger partial charge >= 0.3 is 5.97 Å². The lowest BCUT2D eigenvalue weighted by Crippen LogP contribution is -2.03. The standard InChI is InChI=1S/C18H28O4/c1-3-4-5-6-7-8-9-10-11-22-17-13-15(18(20)21-2)12-16(19)14-17/h12-14,19H,3-11H2,1-2H3. The smallest absolute Gasteiger partial charge is 0.338 e. The van der Waals surface area contributed by atoms with Crippen LogP contribution in [0.3, 0.4) is 0 Å². The molecule has 0 fully saturated rings. The lowest BCUT2D eigenvalue weighted by molar-refractivity contribution is 0.0599. The van der Waals surface area contributed by atoms with Gasteiger partial charge < -0.3 is 14.6 Å². The average molecular weight is 308 g/mol. The third-order valence-electron chi connectivity index (χ3n) is 3.58. The Morgan fingerprint density at radius 1 is 1.00 bits per heavy atom. The zero-order valence-electron chi connectivity index (χ0n) is 13.8. The number of rotatable bonds is 11. The molecule has 4 nitrogen and oxygen atoms in total. The lowest BCUT2D eigenvalue weighted by Gasteiger charge is -2.08. The van der Waals surface area contributed by atoms with Gasteiger partial charge in [0.1, 0.15) is 11.5 Å². The van der Waals surface area contributed by atoms with Crippen molar-refractivity contribution in [2.45, 2.75) is 58.3 Å². The summed E-state index contributed by atoms with van der Waals surface area (Å²) in [5, 5.41) is 9.59. The van der Waals surface area contributed by atoms with Crippen LogP contribution in [0.4, 0.5) is 0 Å². The van der Waals surface area contributed by atoms with E-state index in [2.05, 4.69) is 11.7 Å². The van der Waals surface area contributed by atoms with E-state index in [1.807, 2.05) is 0 Å². The van der Waals surface area contributed by atoms with Crippen LogP contribution in [0, 0.1) is 0 Å². The molecule has 0 aliphatic carbocycles. The molecule has 22 heavy (non-hydrogen) atoms. The summed E-state index contributed by atoms with van der Waals surface area (Å²) in [6.07, 6.45) is 9.94. The van der Waals surface area contributed by atoms with Crippen molar-refractivity contribution in [3.8, 4) is 11.5 Å². The van der Waals surface area contributed by atoms with Crippen LogP contribution in [0.25, 0.3) is 0 Å². The number of ether oxygens (including phenoxy) is 2. The van der Waals surface area contributed by atoms with Gasteiger partial charge in [0.25, 0.3) is 0 Å². The van der Waals surface area contributed by atoms with Gasteiger partial charge in [-0.3, -0.25) is 0 Å². The Morgan fingerprint density at radius 2 is 1.64 bits per heavy atom.